The Bertz CT molecular complexity index is 482. The predicted octanol–water partition coefficient (Wildman–Crippen LogP) is 0.541. The van der Waals surface area contributed by atoms with E-state index in [0.717, 1.165) is 19.6 Å². The molecular weight excluding hydrogens is 254 g/mol. The predicted molar refractivity (Wildman–Crippen MR) is 80.7 cm³/mol. The summed E-state index contributed by atoms with van der Waals surface area (Å²) in [4.78, 5) is 19.8. The molecule has 1 aromatic rings. The molecule has 1 aliphatic heterocycles. The summed E-state index contributed by atoms with van der Waals surface area (Å²) in [6.45, 7) is 3.15. The van der Waals surface area contributed by atoms with Gasteiger partial charge in [0.05, 0.1) is 5.69 Å². The topological polar surface area (TPSA) is 88.5 Å². The number of carbonyl (C=O) groups is 1. The van der Waals surface area contributed by atoms with E-state index in [0.29, 0.717) is 17.4 Å². The highest BCUT2D eigenvalue weighted by molar-refractivity contribution is 5.91. The van der Waals surface area contributed by atoms with E-state index >= 15 is 0 Å². The second kappa shape index (κ2) is 6.09. The fraction of sp³-hybridized carbons (Fsp3) is 0.571. The van der Waals surface area contributed by atoms with Crippen molar-refractivity contribution >= 4 is 17.4 Å². The van der Waals surface area contributed by atoms with Crippen molar-refractivity contribution in [2.24, 2.45) is 11.7 Å². The first-order chi connectivity index (χ1) is 9.47. The summed E-state index contributed by atoms with van der Waals surface area (Å²) in [7, 11) is 4.11. The van der Waals surface area contributed by atoms with Crippen molar-refractivity contribution in [1.29, 1.82) is 0 Å². The first kappa shape index (κ1) is 14.6. The van der Waals surface area contributed by atoms with Gasteiger partial charge in [0, 0.05) is 13.6 Å². The first-order valence-electron chi connectivity index (χ1n) is 6.93. The SMILES string of the molecule is CN1CCC(CN(C)c2nc(C(N)=O)ccc2N)CC1. The van der Waals surface area contributed by atoms with E-state index in [9.17, 15) is 4.79 Å². The summed E-state index contributed by atoms with van der Waals surface area (Å²) in [6.07, 6.45) is 2.35. The van der Waals surface area contributed by atoms with Gasteiger partial charge in [0.25, 0.3) is 5.91 Å². The number of nitrogen functional groups attached to an aromatic ring is 1. The fourth-order valence-electron chi connectivity index (χ4n) is 2.62. The second-order valence-corrected chi connectivity index (χ2v) is 5.60. The highest BCUT2D eigenvalue weighted by Crippen LogP contribution is 2.23. The fourth-order valence-corrected chi connectivity index (χ4v) is 2.62. The van der Waals surface area contributed by atoms with Crippen LogP contribution >= 0.6 is 0 Å². The minimum absolute atomic E-state index is 0.254. The molecule has 0 aromatic carbocycles. The van der Waals surface area contributed by atoms with Gasteiger partial charge in [0.1, 0.15) is 5.69 Å². The van der Waals surface area contributed by atoms with Crippen molar-refractivity contribution in [1.82, 2.24) is 9.88 Å². The van der Waals surface area contributed by atoms with Crippen LogP contribution in [0.5, 0.6) is 0 Å². The van der Waals surface area contributed by atoms with E-state index in [2.05, 4.69) is 16.9 Å². The monoisotopic (exact) mass is 277 g/mol. The number of aromatic nitrogens is 1. The third-order valence-corrected chi connectivity index (χ3v) is 3.89. The smallest absolute Gasteiger partial charge is 0.267 e. The lowest BCUT2D eigenvalue weighted by Crippen LogP contribution is -2.36. The Balaban J connectivity index is 2.06. The lowest BCUT2D eigenvalue weighted by molar-refractivity contribution is 0.0995. The molecule has 1 amide bonds. The van der Waals surface area contributed by atoms with Crippen molar-refractivity contribution in [2.75, 3.05) is 44.4 Å². The number of hydrogen-bond acceptors (Lipinski definition) is 5. The molecule has 2 rings (SSSR count). The van der Waals surface area contributed by atoms with Gasteiger partial charge in [-0.25, -0.2) is 4.98 Å². The molecule has 6 heteroatoms. The number of carbonyl (C=O) groups excluding carboxylic acids is 1. The van der Waals surface area contributed by atoms with Gasteiger partial charge in [-0.05, 0) is 51.0 Å². The second-order valence-electron chi connectivity index (χ2n) is 5.60. The van der Waals surface area contributed by atoms with Crippen molar-refractivity contribution in [3.05, 3.63) is 17.8 Å². The first-order valence-corrected chi connectivity index (χ1v) is 6.93. The molecule has 0 aliphatic carbocycles. The van der Waals surface area contributed by atoms with Crippen LogP contribution in [0.4, 0.5) is 11.5 Å². The molecule has 0 unspecified atom stereocenters. The summed E-state index contributed by atoms with van der Waals surface area (Å²) in [5.41, 5.74) is 12.0. The molecule has 2 heterocycles. The molecular formula is C14H23N5O. The molecule has 20 heavy (non-hydrogen) atoms. The van der Waals surface area contributed by atoms with E-state index in [-0.39, 0.29) is 5.69 Å². The Morgan fingerprint density at radius 1 is 1.45 bits per heavy atom. The van der Waals surface area contributed by atoms with Crippen molar-refractivity contribution < 1.29 is 4.79 Å². The van der Waals surface area contributed by atoms with Gasteiger partial charge in [-0.2, -0.15) is 0 Å². The van der Waals surface area contributed by atoms with Gasteiger partial charge in [0.2, 0.25) is 0 Å². The van der Waals surface area contributed by atoms with Crippen molar-refractivity contribution in [2.45, 2.75) is 12.8 Å². The number of pyridine rings is 1. The van der Waals surface area contributed by atoms with Gasteiger partial charge in [0.15, 0.2) is 5.82 Å². The van der Waals surface area contributed by atoms with E-state index < -0.39 is 5.91 Å². The van der Waals surface area contributed by atoms with Gasteiger partial charge in [-0.3, -0.25) is 4.79 Å². The van der Waals surface area contributed by atoms with Crippen molar-refractivity contribution in [3.8, 4) is 0 Å². The van der Waals surface area contributed by atoms with E-state index in [1.807, 2.05) is 11.9 Å². The molecule has 0 spiro atoms. The van der Waals surface area contributed by atoms with Crippen LogP contribution in [0, 0.1) is 5.92 Å². The van der Waals surface area contributed by atoms with Crippen LogP contribution in [0.2, 0.25) is 0 Å². The Labute approximate surface area is 119 Å². The Morgan fingerprint density at radius 3 is 2.70 bits per heavy atom. The number of amides is 1. The lowest BCUT2D eigenvalue weighted by Gasteiger charge is -2.32. The molecule has 1 aromatic heterocycles. The molecule has 4 N–H and O–H groups in total. The molecule has 0 atom stereocenters. The Hall–Kier alpha value is -1.82. The van der Waals surface area contributed by atoms with E-state index in [1.54, 1.807) is 12.1 Å². The van der Waals surface area contributed by atoms with Crippen LogP contribution in [-0.4, -0.2) is 49.5 Å². The number of primary amides is 1. The third-order valence-electron chi connectivity index (χ3n) is 3.89. The number of piperidine rings is 1. The van der Waals surface area contributed by atoms with E-state index in [4.69, 9.17) is 11.5 Å². The highest BCUT2D eigenvalue weighted by atomic mass is 16.1. The number of hydrogen-bond donors (Lipinski definition) is 2. The highest BCUT2D eigenvalue weighted by Gasteiger charge is 2.20. The summed E-state index contributed by atoms with van der Waals surface area (Å²) < 4.78 is 0. The molecule has 0 radical (unpaired) electrons. The normalized spacial score (nSPS) is 17.1. The van der Waals surface area contributed by atoms with Gasteiger partial charge in [-0.1, -0.05) is 0 Å². The average molecular weight is 277 g/mol. The standard InChI is InChI=1S/C14H23N5O/c1-18-7-5-10(6-8-18)9-19(2)14-11(15)3-4-12(17-14)13(16)20/h3-4,10H,5-9,15H2,1-2H3,(H2,16,20). The van der Waals surface area contributed by atoms with Crippen molar-refractivity contribution in [3.63, 3.8) is 0 Å². The molecule has 110 valence electrons. The van der Waals surface area contributed by atoms with Crippen LogP contribution < -0.4 is 16.4 Å². The zero-order valence-corrected chi connectivity index (χ0v) is 12.2. The molecule has 1 fully saturated rings. The maximum atomic E-state index is 11.2. The zero-order valence-electron chi connectivity index (χ0n) is 12.2. The van der Waals surface area contributed by atoms with Gasteiger partial charge in [-0.15, -0.1) is 0 Å². The summed E-state index contributed by atoms with van der Waals surface area (Å²) >= 11 is 0. The van der Waals surface area contributed by atoms with Crippen LogP contribution in [0.1, 0.15) is 23.3 Å². The number of anilines is 2. The van der Waals surface area contributed by atoms with Crippen LogP contribution in [0.3, 0.4) is 0 Å². The van der Waals surface area contributed by atoms with E-state index in [1.165, 1.54) is 12.8 Å². The van der Waals surface area contributed by atoms with Crippen LogP contribution in [0.15, 0.2) is 12.1 Å². The van der Waals surface area contributed by atoms with Crippen LogP contribution in [-0.2, 0) is 0 Å². The van der Waals surface area contributed by atoms with Gasteiger partial charge >= 0.3 is 0 Å². The molecule has 1 saturated heterocycles. The summed E-state index contributed by atoms with van der Waals surface area (Å²) in [6, 6.07) is 3.25. The number of likely N-dealkylation sites (tertiary alicyclic amines) is 1. The zero-order chi connectivity index (χ0) is 14.7. The Kier molecular flexibility index (Phi) is 4.44. The molecule has 1 aliphatic rings. The summed E-state index contributed by atoms with van der Waals surface area (Å²) in [5.74, 6) is 0.744. The average Bonchev–Trinajstić information content (AvgIpc) is 2.41. The quantitative estimate of drug-likeness (QED) is 0.838. The Morgan fingerprint density at radius 2 is 2.10 bits per heavy atom. The maximum absolute atomic E-state index is 11.2. The lowest BCUT2D eigenvalue weighted by atomic mass is 9.96. The van der Waals surface area contributed by atoms with Gasteiger partial charge < -0.3 is 21.3 Å². The minimum atomic E-state index is -0.529. The summed E-state index contributed by atoms with van der Waals surface area (Å²) in [5, 5.41) is 0. The number of rotatable bonds is 4. The number of nitrogens with zero attached hydrogens (tertiary/aromatic N) is 3. The minimum Gasteiger partial charge on any atom is -0.396 e. The molecule has 6 nitrogen and oxygen atoms in total. The third kappa shape index (κ3) is 3.39. The molecule has 0 saturated carbocycles. The van der Waals surface area contributed by atoms with Crippen LogP contribution in [0.25, 0.3) is 0 Å². The molecule has 0 bridgehead atoms. The maximum Gasteiger partial charge on any atom is 0.267 e. The number of nitrogens with two attached hydrogens (primary N) is 2. The largest absolute Gasteiger partial charge is 0.396 e.